The molecule has 2 heterocycles. The number of H-pyrrole nitrogens is 1. The zero-order valence-corrected chi connectivity index (χ0v) is 19.7. The molecule has 5 N–H and O–H groups in total. The van der Waals surface area contributed by atoms with Crippen LogP contribution in [0.15, 0.2) is 85.1 Å². The first-order valence-corrected chi connectivity index (χ1v) is 11.5. The Morgan fingerprint density at radius 2 is 1.59 bits per heavy atom. The number of anilines is 1. The highest BCUT2D eigenvalue weighted by atomic mass is 16.4. The van der Waals surface area contributed by atoms with Crippen LogP contribution in [0.4, 0.5) is 5.82 Å². The Hall–Kier alpha value is -4.83. The lowest BCUT2D eigenvalue weighted by molar-refractivity contribution is -0.147. The number of nitrogens with zero attached hydrogens (tertiary/aromatic N) is 2. The van der Waals surface area contributed by atoms with Crippen LogP contribution in [0, 0.1) is 0 Å². The molecule has 0 aliphatic carbocycles. The number of carboxylic acid groups (broad SMARTS) is 1. The van der Waals surface area contributed by atoms with Gasteiger partial charge in [-0.25, -0.2) is 4.79 Å². The van der Waals surface area contributed by atoms with E-state index in [4.69, 9.17) is 5.11 Å². The second kappa shape index (κ2) is 11.7. The van der Waals surface area contributed by atoms with Gasteiger partial charge in [0, 0.05) is 24.7 Å². The Kier molecular flexibility index (Phi) is 8.01. The first-order chi connectivity index (χ1) is 17.9. The molecule has 0 fully saturated rings. The van der Waals surface area contributed by atoms with E-state index in [1.54, 1.807) is 18.2 Å². The molecule has 0 aliphatic rings. The molecule has 2 amide bonds. The first-order valence-electron chi connectivity index (χ1n) is 11.5. The highest BCUT2D eigenvalue weighted by Crippen LogP contribution is 2.20. The van der Waals surface area contributed by atoms with Crippen LogP contribution in [-0.4, -0.2) is 55.3 Å². The van der Waals surface area contributed by atoms with Crippen molar-refractivity contribution >= 4 is 23.6 Å². The number of amides is 2. The normalized spacial score (nSPS) is 12.4. The van der Waals surface area contributed by atoms with Gasteiger partial charge in [-0.05, 0) is 35.2 Å². The molecule has 2 unspecified atom stereocenters. The van der Waals surface area contributed by atoms with Crippen molar-refractivity contribution in [3.05, 3.63) is 102 Å². The molecule has 4 rings (SSSR count). The van der Waals surface area contributed by atoms with Gasteiger partial charge in [0.2, 0.25) is 0 Å². The van der Waals surface area contributed by atoms with Gasteiger partial charge in [0.05, 0.1) is 0 Å². The largest absolute Gasteiger partial charge is 0.479 e. The van der Waals surface area contributed by atoms with Crippen LogP contribution in [0.2, 0.25) is 0 Å². The summed E-state index contributed by atoms with van der Waals surface area (Å²) in [5.74, 6) is -2.30. The van der Waals surface area contributed by atoms with Gasteiger partial charge in [0.25, 0.3) is 11.8 Å². The van der Waals surface area contributed by atoms with Crippen LogP contribution in [0.3, 0.4) is 0 Å². The number of carbonyl (C=O) groups is 3. The van der Waals surface area contributed by atoms with Gasteiger partial charge in [0.1, 0.15) is 11.4 Å². The third kappa shape index (κ3) is 6.86. The van der Waals surface area contributed by atoms with Crippen molar-refractivity contribution in [2.75, 3.05) is 5.32 Å². The molecule has 4 aromatic rings. The standard InChI is InChI=1S/C27H25N5O5/c33-23(27(36)37)15-20(14-17-9-11-19(12-10-17)18-6-2-1-3-7-18)29-26(35)22-16-24(32-31-22)30-25(34)21-8-4-5-13-28-21/h1-13,16,20,23,33H,14-15H2,(H,29,35)(H,36,37)(H2,30,31,32,34). The Morgan fingerprint density at radius 3 is 2.27 bits per heavy atom. The van der Waals surface area contributed by atoms with Gasteiger partial charge in [-0.15, -0.1) is 0 Å². The van der Waals surface area contributed by atoms with Crippen molar-refractivity contribution in [1.82, 2.24) is 20.5 Å². The molecule has 0 bridgehead atoms. The maximum atomic E-state index is 12.9. The number of carbonyl (C=O) groups excluding carboxylic acids is 2. The van der Waals surface area contributed by atoms with E-state index in [2.05, 4.69) is 25.8 Å². The van der Waals surface area contributed by atoms with Crippen molar-refractivity contribution < 1.29 is 24.6 Å². The highest BCUT2D eigenvalue weighted by Gasteiger charge is 2.23. The quantitative estimate of drug-likeness (QED) is 0.224. The highest BCUT2D eigenvalue weighted by molar-refractivity contribution is 6.03. The number of aliphatic carboxylic acids is 1. The number of aliphatic hydroxyl groups is 1. The summed E-state index contributed by atoms with van der Waals surface area (Å²) in [5.41, 5.74) is 3.19. The first kappa shape index (κ1) is 25.3. The smallest absolute Gasteiger partial charge is 0.332 e. The van der Waals surface area contributed by atoms with E-state index in [-0.39, 0.29) is 23.6 Å². The molecule has 0 aliphatic heterocycles. The van der Waals surface area contributed by atoms with E-state index >= 15 is 0 Å². The molecule has 188 valence electrons. The second-order valence-electron chi connectivity index (χ2n) is 8.36. The Morgan fingerprint density at radius 1 is 0.892 bits per heavy atom. The molecule has 2 aromatic carbocycles. The Labute approximate surface area is 212 Å². The maximum Gasteiger partial charge on any atom is 0.332 e. The van der Waals surface area contributed by atoms with Gasteiger partial charge in [-0.3, -0.25) is 19.7 Å². The van der Waals surface area contributed by atoms with Crippen molar-refractivity contribution in [3.63, 3.8) is 0 Å². The zero-order chi connectivity index (χ0) is 26.2. The molecular weight excluding hydrogens is 474 g/mol. The van der Waals surface area contributed by atoms with Gasteiger partial charge in [-0.1, -0.05) is 60.7 Å². The van der Waals surface area contributed by atoms with Gasteiger partial charge in [-0.2, -0.15) is 5.10 Å². The number of aromatic amines is 1. The lowest BCUT2D eigenvalue weighted by Gasteiger charge is -2.20. The van der Waals surface area contributed by atoms with Gasteiger partial charge >= 0.3 is 5.97 Å². The number of benzene rings is 2. The molecule has 0 spiro atoms. The fourth-order valence-corrected chi connectivity index (χ4v) is 3.75. The van der Waals surface area contributed by atoms with E-state index in [1.165, 1.54) is 12.3 Å². The molecule has 2 aromatic heterocycles. The SMILES string of the molecule is O=C(Nc1cc(C(=O)NC(Cc2ccc(-c3ccccc3)cc2)CC(O)C(=O)O)[nH]n1)c1ccccn1. The number of carboxylic acids is 1. The van der Waals surface area contributed by atoms with Crippen molar-refractivity contribution in [2.24, 2.45) is 0 Å². The zero-order valence-electron chi connectivity index (χ0n) is 19.7. The summed E-state index contributed by atoms with van der Waals surface area (Å²) < 4.78 is 0. The number of aliphatic hydroxyl groups excluding tert-OH is 1. The minimum absolute atomic E-state index is 0.0607. The molecular formula is C27H25N5O5. The monoisotopic (exact) mass is 499 g/mol. The number of hydrogen-bond donors (Lipinski definition) is 5. The third-order valence-corrected chi connectivity index (χ3v) is 5.63. The number of rotatable bonds is 10. The van der Waals surface area contributed by atoms with Gasteiger partial charge in [0.15, 0.2) is 11.9 Å². The van der Waals surface area contributed by atoms with Crippen LogP contribution in [0.25, 0.3) is 11.1 Å². The summed E-state index contributed by atoms with van der Waals surface area (Å²) in [6, 6.07) is 23.1. The predicted molar refractivity (Wildman–Crippen MR) is 136 cm³/mol. The second-order valence-corrected chi connectivity index (χ2v) is 8.36. The summed E-state index contributed by atoms with van der Waals surface area (Å²) in [6.07, 6.45) is -0.0651. The van der Waals surface area contributed by atoms with E-state index in [9.17, 15) is 19.5 Å². The van der Waals surface area contributed by atoms with E-state index in [0.717, 1.165) is 16.7 Å². The molecule has 0 saturated carbocycles. The minimum Gasteiger partial charge on any atom is -0.479 e. The Balaban J connectivity index is 1.43. The maximum absolute atomic E-state index is 12.9. The van der Waals surface area contributed by atoms with E-state index < -0.39 is 29.9 Å². The molecule has 0 saturated heterocycles. The lowest BCUT2D eigenvalue weighted by atomic mass is 9.97. The topological polar surface area (TPSA) is 157 Å². The molecule has 0 radical (unpaired) electrons. The van der Waals surface area contributed by atoms with Crippen molar-refractivity contribution in [1.29, 1.82) is 0 Å². The molecule has 10 heteroatoms. The molecule has 10 nitrogen and oxygen atoms in total. The van der Waals surface area contributed by atoms with Gasteiger partial charge < -0.3 is 20.8 Å². The summed E-state index contributed by atoms with van der Waals surface area (Å²) in [6.45, 7) is 0. The fraction of sp³-hybridized carbons (Fsp3) is 0.148. The number of hydrogen-bond acceptors (Lipinski definition) is 6. The Bertz CT molecular complexity index is 1360. The average Bonchev–Trinajstić information content (AvgIpc) is 3.38. The molecule has 2 atom stereocenters. The molecule has 37 heavy (non-hydrogen) atoms. The summed E-state index contributed by atoms with van der Waals surface area (Å²) >= 11 is 0. The average molecular weight is 500 g/mol. The number of nitrogens with one attached hydrogen (secondary N) is 3. The fourth-order valence-electron chi connectivity index (χ4n) is 3.75. The van der Waals surface area contributed by atoms with Crippen LogP contribution in [0.1, 0.15) is 33.0 Å². The number of pyridine rings is 1. The number of aromatic nitrogens is 3. The van der Waals surface area contributed by atoms with Crippen LogP contribution < -0.4 is 10.6 Å². The van der Waals surface area contributed by atoms with Crippen LogP contribution in [-0.2, 0) is 11.2 Å². The summed E-state index contributed by atoms with van der Waals surface area (Å²) in [7, 11) is 0. The van der Waals surface area contributed by atoms with Crippen LogP contribution in [0.5, 0.6) is 0 Å². The van der Waals surface area contributed by atoms with Crippen molar-refractivity contribution in [3.8, 4) is 11.1 Å². The summed E-state index contributed by atoms with van der Waals surface area (Å²) in [5, 5.41) is 30.9. The van der Waals surface area contributed by atoms with E-state index in [0.29, 0.717) is 6.42 Å². The van der Waals surface area contributed by atoms with Crippen molar-refractivity contribution in [2.45, 2.75) is 25.0 Å². The predicted octanol–water partition coefficient (Wildman–Crippen LogP) is 2.90. The minimum atomic E-state index is -1.65. The van der Waals surface area contributed by atoms with Crippen LogP contribution >= 0.6 is 0 Å². The van der Waals surface area contributed by atoms with E-state index in [1.807, 2.05) is 54.6 Å². The third-order valence-electron chi connectivity index (χ3n) is 5.63. The lowest BCUT2D eigenvalue weighted by Crippen LogP contribution is -2.40. The summed E-state index contributed by atoms with van der Waals surface area (Å²) in [4.78, 5) is 40.3.